The Balaban J connectivity index is 2.36. The summed E-state index contributed by atoms with van der Waals surface area (Å²) in [6.07, 6.45) is 0. The maximum absolute atomic E-state index is 11.1. The van der Waals surface area contributed by atoms with Crippen LogP contribution in [-0.2, 0) is 7.05 Å². The molecule has 0 radical (unpaired) electrons. The van der Waals surface area contributed by atoms with Crippen LogP contribution in [0.25, 0.3) is 0 Å². The van der Waals surface area contributed by atoms with Gasteiger partial charge >= 0.3 is 0 Å². The molecule has 4 N–H and O–H groups in total. The van der Waals surface area contributed by atoms with Gasteiger partial charge in [-0.2, -0.15) is 0 Å². The van der Waals surface area contributed by atoms with Gasteiger partial charge in [0.2, 0.25) is 0 Å². The van der Waals surface area contributed by atoms with E-state index in [0.29, 0.717) is 15.9 Å². The highest BCUT2D eigenvalue weighted by Crippen LogP contribution is 2.29. The van der Waals surface area contributed by atoms with E-state index in [2.05, 4.69) is 15.2 Å². The van der Waals surface area contributed by atoms with Gasteiger partial charge in [-0.3, -0.25) is 4.79 Å². The van der Waals surface area contributed by atoms with E-state index in [0.717, 1.165) is 5.82 Å². The standard InChI is InChI=1S/C10H12N6OS/c1-5-14-15-10(16(5)2)18-9-6(11)3-4-7(13-9)8(12)17/h3-4H,11H2,1-2H3,(H2,12,17). The first kappa shape index (κ1) is 12.4. The average molecular weight is 264 g/mol. The molecule has 1 amide bonds. The van der Waals surface area contributed by atoms with Crippen molar-refractivity contribution >= 4 is 23.4 Å². The first-order valence-electron chi connectivity index (χ1n) is 5.09. The molecule has 0 aliphatic rings. The first-order valence-corrected chi connectivity index (χ1v) is 5.91. The van der Waals surface area contributed by atoms with Gasteiger partial charge in [0.1, 0.15) is 16.5 Å². The second-order valence-electron chi connectivity index (χ2n) is 3.65. The largest absolute Gasteiger partial charge is 0.397 e. The van der Waals surface area contributed by atoms with E-state index < -0.39 is 5.91 Å². The lowest BCUT2D eigenvalue weighted by Crippen LogP contribution is -2.13. The summed E-state index contributed by atoms with van der Waals surface area (Å²) in [5.41, 5.74) is 11.6. The van der Waals surface area contributed by atoms with Gasteiger partial charge in [-0.05, 0) is 30.8 Å². The number of aryl methyl sites for hydroxylation is 1. The molecule has 2 aromatic rings. The summed E-state index contributed by atoms with van der Waals surface area (Å²) < 4.78 is 1.81. The van der Waals surface area contributed by atoms with Gasteiger partial charge in [-0.25, -0.2) is 4.98 Å². The van der Waals surface area contributed by atoms with Crippen LogP contribution in [0.15, 0.2) is 22.3 Å². The summed E-state index contributed by atoms with van der Waals surface area (Å²) >= 11 is 1.24. The Morgan fingerprint density at radius 1 is 1.39 bits per heavy atom. The summed E-state index contributed by atoms with van der Waals surface area (Å²) in [5.74, 6) is 0.188. The third-order valence-corrected chi connectivity index (χ3v) is 3.44. The Bertz CT molecular complexity index is 608. The number of hydrogen-bond acceptors (Lipinski definition) is 6. The molecule has 18 heavy (non-hydrogen) atoms. The molecule has 8 heteroatoms. The van der Waals surface area contributed by atoms with Crippen LogP contribution < -0.4 is 11.5 Å². The Morgan fingerprint density at radius 3 is 2.67 bits per heavy atom. The van der Waals surface area contributed by atoms with Crippen LogP contribution >= 0.6 is 11.8 Å². The summed E-state index contributed by atoms with van der Waals surface area (Å²) in [6, 6.07) is 3.09. The average Bonchev–Trinajstić information content (AvgIpc) is 2.63. The van der Waals surface area contributed by atoms with E-state index >= 15 is 0 Å². The smallest absolute Gasteiger partial charge is 0.267 e. The molecule has 0 saturated heterocycles. The molecule has 0 spiro atoms. The first-order chi connectivity index (χ1) is 8.49. The van der Waals surface area contributed by atoms with Crippen LogP contribution in [0.3, 0.4) is 0 Å². The zero-order chi connectivity index (χ0) is 13.3. The van der Waals surface area contributed by atoms with Crippen molar-refractivity contribution < 1.29 is 4.79 Å². The normalized spacial score (nSPS) is 10.6. The lowest BCUT2D eigenvalue weighted by atomic mass is 10.3. The van der Waals surface area contributed by atoms with Crippen molar-refractivity contribution in [2.45, 2.75) is 17.1 Å². The van der Waals surface area contributed by atoms with Gasteiger partial charge in [-0.15, -0.1) is 10.2 Å². The van der Waals surface area contributed by atoms with Crippen LogP contribution in [-0.4, -0.2) is 25.7 Å². The SMILES string of the molecule is Cc1nnc(Sc2nc(C(N)=O)ccc2N)n1C. The zero-order valence-corrected chi connectivity index (χ0v) is 10.7. The van der Waals surface area contributed by atoms with E-state index in [4.69, 9.17) is 11.5 Å². The van der Waals surface area contributed by atoms with Crippen molar-refractivity contribution in [2.24, 2.45) is 12.8 Å². The predicted molar refractivity (Wildman–Crippen MR) is 67.0 cm³/mol. The number of nitrogen functional groups attached to an aromatic ring is 1. The van der Waals surface area contributed by atoms with Gasteiger partial charge in [0, 0.05) is 7.05 Å². The summed E-state index contributed by atoms with van der Waals surface area (Å²) in [6.45, 7) is 1.84. The fourth-order valence-electron chi connectivity index (χ4n) is 1.23. The number of pyridine rings is 1. The van der Waals surface area contributed by atoms with Gasteiger partial charge in [-0.1, -0.05) is 0 Å². The van der Waals surface area contributed by atoms with Crippen LogP contribution in [0.2, 0.25) is 0 Å². The number of nitrogens with zero attached hydrogens (tertiary/aromatic N) is 4. The maximum atomic E-state index is 11.1. The molecule has 0 unspecified atom stereocenters. The summed E-state index contributed by atoms with van der Waals surface area (Å²) in [5, 5.41) is 9.06. The van der Waals surface area contributed by atoms with Gasteiger partial charge in [0.15, 0.2) is 5.16 Å². The molecule has 0 atom stereocenters. The number of anilines is 1. The molecule has 2 heterocycles. The van der Waals surface area contributed by atoms with Crippen molar-refractivity contribution in [3.05, 3.63) is 23.7 Å². The number of hydrogen-bond donors (Lipinski definition) is 2. The maximum Gasteiger partial charge on any atom is 0.267 e. The van der Waals surface area contributed by atoms with Crippen LogP contribution in [0.4, 0.5) is 5.69 Å². The molecule has 2 aromatic heterocycles. The Kier molecular flexibility index (Phi) is 3.19. The molecular formula is C10H12N6OS. The van der Waals surface area contributed by atoms with Crippen molar-refractivity contribution in [1.29, 1.82) is 0 Å². The lowest BCUT2D eigenvalue weighted by molar-refractivity contribution is 0.0995. The third-order valence-electron chi connectivity index (χ3n) is 2.38. The number of nitrogens with two attached hydrogens (primary N) is 2. The zero-order valence-electron chi connectivity index (χ0n) is 9.91. The van der Waals surface area contributed by atoms with E-state index in [1.165, 1.54) is 17.8 Å². The second-order valence-corrected chi connectivity index (χ2v) is 4.60. The van der Waals surface area contributed by atoms with E-state index in [1.54, 1.807) is 6.07 Å². The van der Waals surface area contributed by atoms with E-state index in [1.807, 2.05) is 18.5 Å². The topological polar surface area (TPSA) is 113 Å². The molecule has 0 bridgehead atoms. The van der Waals surface area contributed by atoms with Crippen molar-refractivity contribution in [3.63, 3.8) is 0 Å². The fourth-order valence-corrected chi connectivity index (χ4v) is 2.09. The minimum atomic E-state index is -0.592. The summed E-state index contributed by atoms with van der Waals surface area (Å²) in [7, 11) is 1.84. The van der Waals surface area contributed by atoms with Gasteiger partial charge in [0.25, 0.3) is 5.91 Å². The molecule has 0 saturated carbocycles. The van der Waals surface area contributed by atoms with Crippen molar-refractivity contribution in [3.8, 4) is 0 Å². The van der Waals surface area contributed by atoms with Crippen LogP contribution in [0.1, 0.15) is 16.3 Å². The lowest BCUT2D eigenvalue weighted by Gasteiger charge is -2.05. The Morgan fingerprint density at radius 2 is 2.11 bits per heavy atom. The molecule has 7 nitrogen and oxygen atoms in total. The number of carbonyl (C=O) groups excluding carboxylic acids is 1. The second kappa shape index (κ2) is 4.65. The third kappa shape index (κ3) is 2.28. The number of primary amides is 1. The Hall–Kier alpha value is -2.09. The Labute approximate surface area is 108 Å². The van der Waals surface area contributed by atoms with Crippen LogP contribution in [0, 0.1) is 6.92 Å². The van der Waals surface area contributed by atoms with Gasteiger partial charge in [0.05, 0.1) is 5.69 Å². The number of amides is 1. The van der Waals surface area contributed by atoms with Gasteiger partial charge < -0.3 is 16.0 Å². The molecule has 0 aliphatic carbocycles. The molecule has 94 valence electrons. The minimum Gasteiger partial charge on any atom is -0.397 e. The molecule has 0 fully saturated rings. The van der Waals surface area contributed by atoms with Crippen molar-refractivity contribution in [2.75, 3.05) is 5.73 Å². The monoisotopic (exact) mass is 264 g/mol. The summed E-state index contributed by atoms with van der Waals surface area (Å²) in [4.78, 5) is 15.2. The predicted octanol–water partition coefficient (Wildman–Crippen LogP) is 0.351. The van der Waals surface area contributed by atoms with E-state index in [9.17, 15) is 4.79 Å². The molecule has 0 aliphatic heterocycles. The van der Waals surface area contributed by atoms with Crippen molar-refractivity contribution in [1.82, 2.24) is 19.7 Å². The molecular weight excluding hydrogens is 252 g/mol. The highest BCUT2D eigenvalue weighted by atomic mass is 32.2. The van der Waals surface area contributed by atoms with Crippen LogP contribution in [0.5, 0.6) is 0 Å². The number of rotatable bonds is 3. The molecule has 2 rings (SSSR count). The minimum absolute atomic E-state index is 0.172. The fraction of sp³-hybridized carbons (Fsp3) is 0.200. The highest BCUT2D eigenvalue weighted by Gasteiger charge is 2.12. The molecule has 0 aromatic carbocycles. The number of carbonyl (C=O) groups is 1. The highest BCUT2D eigenvalue weighted by molar-refractivity contribution is 7.99. The van der Waals surface area contributed by atoms with E-state index in [-0.39, 0.29) is 5.69 Å². The number of aromatic nitrogens is 4. The quantitative estimate of drug-likeness (QED) is 0.827.